The third-order valence-electron chi connectivity index (χ3n) is 3.22. The Morgan fingerprint density at radius 2 is 2.38 bits per heavy atom. The molecule has 0 radical (unpaired) electrons. The molecule has 94 valence electrons. The van der Waals surface area contributed by atoms with E-state index in [4.69, 9.17) is 10.9 Å². The molecular weight excluding hydrogens is 204 g/mol. The van der Waals surface area contributed by atoms with Gasteiger partial charge in [-0.25, -0.2) is 0 Å². The largest absolute Gasteiger partial charge is 0.409 e. The summed E-state index contributed by atoms with van der Waals surface area (Å²) >= 11 is 0. The van der Waals surface area contributed by atoms with E-state index in [2.05, 4.69) is 22.4 Å². The zero-order chi connectivity index (χ0) is 11.8. The molecule has 5 heteroatoms. The van der Waals surface area contributed by atoms with Crippen molar-refractivity contribution in [3.8, 4) is 0 Å². The van der Waals surface area contributed by atoms with Crippen molar-refractivity contribution < 1.29 is 5.21 Å². The van der Waals surface area contributed by atoms with Gasteiger partial charge in [0.15, 0.2) is 0 Å². The zero-order valence-electron chi connectivity index (χ0n) is 10.2. The third-order valence-corrected chi connectivity index (χ3v) is 3.22. The van der Waals surface area contributed by atoms with Gasteiger partial charge in [0.25, 0.3) is 0 Å². The highest BCUT2D eigenvalue weighted by Crippen LogP contribution is 2.13. The summed E-state index contributed by atoms with van der Waals surface area (Å²) in [5, 5.41) is 14.8. The summed E-state index contributed by atoms with van der Waals surface area (Å²) in [7, 11) is 2.19. The topological polar surface area (TPSA) is 73.9 Å². The van der Waals surface area contributed by atoms with Gasteiger partial charge in [0.1, 0.15) is 5.84 Å². The second-order valence-corrected chi connectivity index (χ2v) is 4.53. The number of likely N-dealkylation sites (tertiary alicyclic amines) is 1. The molecule has 1 atom stereocenters. The maximum atomic E-state index is 8.35. The van der Waals surface area contributed by atoms with Crippen molar-refractivity contribution in [1.29, 1.82) is 0 Å². The maximum Gasteiger partial charge on any atom is 0.139 e. The minimum absolute atomic E-state index is 0.329. The smallest absolute Gasteiger partial charge is 0.139 e. The van der Waals surface area contributed by atoms with Gasteiger partial charge in [-0.2, -0.15) is 0 Å². The van der Waals surface area contributed by atoms with Crippen LogP contribution in [0.2, 0.25) is 0 Å². The molecule has 0 aromatic heterocycles. The molecule has 0 aromatic rings. The molecule has 0 aromatic carbocycles. The van der Waals surface area contributed by atoms with Crippen molar-refractivity contribution in [3.05, 3.63) is 0 Å². The minimum Gasteiger partial charge on any atom is -0.409 e. The number of rotatable bonds is 7. The molecule has 0 saturated carbocycles. The molecule has 4 N–H and O–H groups in total. The molecule has 1 unspecified atom stereocenters. The number of oxime groups is 1. The summed E-state index contributed by atoms with van der Waals surface area (Å²) in [4.78, 5) is 2.42. The first kappa shape index (κ1) is 13.3. The summed E-state index contributed by atoms with van der Waals surface area (Å²) in [5.74, 6) is 0.329. The van der Waals surface area contributed by atoms with Crippen LogP contribution in [-0.4, -0.2) is 48.7 Å². The molecule has 0 bridgehead atoms. The van der Waals surface area contributed by atoms with Crippen LogP contribution in [0.4, 0.5) is 0 Å². The van der Waals surface area contributed by atoms with E-state index in [9.17, 15) is 0 Å². The standard InChI is InChI=1S/C11H24N4O/c1-15-8-4-5-10(15)9-13-7-3-2-6-11(12)14-16/h10,13,16H,2-9H2,1H3,(H2,12,14). The summed E-state index contributed by atoms with van der Waals surface area (Å²) in [6.07, 6.45) is 5.37. The Morgan fingerprint density at radius 1 is 1.56 bits per heavy atom. The number of hydrogen-bond donors (Lipinski definition) is 3. The third kappa shape index (κ3) is 4.81. The normalized spacial score (nSPS) is 22.8. The fraction of sp³-hybridized carbons (Fsp3) is 0.909. The molecule has 1 aliphatic rings. The fourth-order valence-electron chi connectivity index (χ4n) is 2.11. The molecule has 0 spiro atoms. The van der Waals surface area contributed by atoms with Crippen molar-refractivity contribution in [2.45, 2.75) is 38.1 Å². The molecule has 1 fully saturated rings. The van der Waals surface area contributed by atoms with E-state index in [1.54, 1.807) is 0 Å². The number of hydrogen-bond acceptors (Lipinski definition) is 4. The first-order chi connectivity index (χ1) is 7.74. The predicted molar refractivity (Wildman–Crippen MR) is 65.8 cm³/mol. The van der Waals surface area contributed by atoms with Crippen LogP contribution in [0.1, 0.15) is 32.1 Å². The van der Waals surface area contributed by atoms with Crippen molar-refractivity contribution in [1.82, 2.24) is 10.2 Å². The highest BCUT2D eigenvalue weighted by atomic mass is 16.4. The lowest BCUT2D eigenvalue weighted by atomic mass is 10.2. The van der Waals surface area contributed by atoms with Gasteiger partial charge < -0.3 is 21.2 Å². The predicted octanol–water partition coefficient (Wildman–Crippen LogP) is 0.587. The molecule has 1 rings (SSSR count). The van der Waals surface area contributed by atoms with Gasteiger partial charge in [-0.05, 0) is 45.8 Å². The van der Waals surface area contributed by atoms with E-state index in [1.807, 2.05) is 0 Å². The Hall–Kier alpha value is -0.810. The molecule has 5 nitrogen and oxygen atoms in total. The summed E-state index contributed by atoms with van der Waals surface area (Å²) in [5.41, 5.74) is 5.38. The summed E-state index contributed by atoms with van der Waals surface area (Å²) in [6, 6.07) is 0.712. The highest BCUT2D eigenvalue weighted by molar-refractivity contribution is 5.79. The maximum absolute atomic E-state index is 8.35. The lowest BCUT2D eigenvalue weighted by Gasteiger charge is -2.19. The van der Waals surface area contributed by atoms with Crippen LogP contribution in [0.5, 0.6) is 0 Å². The van der Waals surface area contributed by atoms with E-state index >= 15 is 0 Å². The minimum atomic E-state index is 0.329. The zero-order valence-corrected chi connectivity index (χ0v) is 10.2. The van der Waals surface area contributed by atoms with Crippen LogP contribution in [0.25, 0.3) is 0 Å². The highest BCUT2D eigenvalue weighted by Gasteiger charge is 2.19. The fourth-order valence-corrected chi connectivity index (χ4v) is 2.11. The first-order valence-corrected chi connectivity index (χ1v) is 6.11. The number of nitrogens with two attached hydrogens (primary N) is 1. The summed E-state index contributed by atoms with van der Waals surface area (Å²) < 4.78 is 0. The van der Waals surface area contributed by atoms with Gasteiger partial charge in [0.05, 0.1) is 0 Å². The van der Waals surface area contributed by atoms with Crippen LogP contribution in [0.3, 0.4) is 0 Å². The van der Waals surface area contributed by atoms with E-state index in [-0.39, 0.29) is 0 Å². The molecule has 0 aliphatic carbocycles. The van der Waals surface area contributed by atoms with Gasteiger partial charge in [0.2, 0.25) is 0 Å². The second kappa shape index (κ2) is 7.46. The number of unbranched alkanes of at least 4 members (excludes halogenated alkanes) is 1. The van der Waals surface area contributed by atoms with Crippen LogP contribution in [-0.2, 0) is 0 Å². The van der Waals surface area contributed by atoms with Gasteiger partial charge >= 0.3 is 0 Å². The van der Waals surface area contributed by atoms with Gasteiger partial charge in [0, 0.05) is 19.0 Å². The van der Waals surface area contributed by atoms with Gasteiger partial charge in [-0.3, -0.25) is 0 Å². The van der Waals surface area contributed by atoms with Crippen molar-refractivity contribution in [2.75, 3.05) is 26.7 Å². The number of nitrogens with one attached hydrogen (secondary N) is 1. The lowest BCUT2D eigenvalue weighted by Crippen LogP contribution is -2.35. The Kier molecular flexibility index (Phi) is 6.18. The van der Waals surface area contributed by atoms with Gasteiger partial charge in [-0.15, -0.1) is 0 Å². The number of nitrogens with zero attached hydrogens (tertiary/aromatic N) is 2. The van der Waals surface area contributed by atoms with E-state index in [1.165, 1.54) is 19.4 Å². The van der Waals surface area contributed by atoms with Crippen molar-refractivity contribution in [3.63, 3.8) is 0 Å². The van der Waals surface area contributed by atoms with E-state index in [0.29, 0.717) is 18.3 Å². The van der Waals surface area contributed by atoms with Crippen molar-refractivity contribution >= 4 is 5.84 Å². The van der Waals surface area contributed by atoms with Crippen LogP contribution in [0, 0.1) is 0 Å². The van der Waals surface area contributed by atoms with Crippen LogP contribution < -0.4 is 11.1 Å². The van der Waals surface area contributed by atoms with Crippen molar-refractivity contribution in [2.24, 2.45) is 10.9 Å². The number of amidine groups is 1. The molecule has 16 heavy (non-hydrogen) atoms. The quantitative estimate of drug-likeness (QED) is 0.196. The Bertz CT molecular complexity index is 220. The Morgan fingerprint density at radius 3 is 3.00 bits per heavy atom. The Balaban J connectivity index is 1.92. The molecule has 1 heterocycles. The Labute approximate surface area is 97.7 Å². The SMILES string of the molecule is CN1CCCC1CNCCCCC(N)=NO. The van der Waals surface area contributed by atoms with Crippen LogP contribution >= 0.6 is 0 Å². The molecular formula is C11H24N4O. The molecule has 1 saturated heterocycles. The monoisotopic (exact) mass is 228 g/mol. The van der Waals surface area contributed by atoms with Crippen LogP contribution in [0.15, 0.2) is 5.16 Å². The summed E-state index contributed by atoms with van der Waals surface area (Å²) in [6.45, 7) is 3.33. The lowest BCUT2D eigenvalue weighted by molar-refractivity contribution is 0.300. The second-order valence-electron chi connectivity index (χ2n) is 4.53. The van der Waals surface area contributed by atoms with E-state index < -0.39 is 0 Å². The average Bonchev–Trinajstić information content (AvgIpc) is 2.69. The van der Waals surface area contributed by atoms with Gasteiger partial charge in [-0.1, -0.05) is 5.16 Å². The number of likely N-dealkylation sites (N-methyl/N-ethyl adjacent to an activating group) is 1. The molecule has 0 amide bonds. The van der Waals surface area contributed by atoms with E-state index in [0.717, 1.165) is 25.9 Å². The first-order valence-electron chi connectivity index (χ1n) is 6.11. The molecule has 1 aliphatic heterocycles. The average molecular weight is 228 g/mol.